The average molecular weight is 270 g/mol. The van der Waals surface area contributed by atoms with Crippen LogP contribution in [0, 0.1) is 0 Å². The number of benzene rings is 1. The summed E-state index contributed by atoms with van der Waals surface area (Å²) in [7, 11) is 0. The van der Waals surface area contributed by atoms with Gasteiger partial charge in [-0.25, -0.2) is 0 Å². The van der Waals surface area contributed by atoms with E-state index in [4.69, 9.17) is 17.3 Å². The molecule has 1 rings (SSSR count). The minimum atomic E-state index is -4.41. The summed E-state index contributed by atoms with van der Waals surface area (Å²) in [6.07, 6.45) is -4.41. The first-order valence-corrected chi connectivity index (χ1v) is 4.87. The van der Waals surface area contributed by atoms with Crippen LogP contribution in [0.25, 0.3) is 0 Å². The first-order chi connectivity index (χ1) is 7.29. The van der Waals surface area contributed by atoms with E-state index in [0.29, 0.717) is 5.02 Å². The standard InChI is InChI=1S/C9H7ClF3NOS/c10-5-1-2-7(6(3-5)8(14)16)15-4-9(11,12)13/h1-3H,4H2,(H2,14,16). The van der Waals surface area contributed by atoms with Crippen LogP contribution in [-0.4, -0.2) is 17.8 Å². The average Bonchev–Trinajstić information content (AvgIpc) is 2.14. The Morgan fingerprint density at radius 2 is 2.06 bits per heavy atom. The number of ether oxygens (including phenoxy) is 1. The van der Waals surface area contributed by atoms with Crippen LogP contribution < -0.4 is 10.5 Å². The lowest BCUT2D eigenvalue weighted by Crippen LogP contribution is -2.21. The normalized spacial score (nSPS) is 11.2. The minimum absolute atomic E-state index is 0.0331. The molecule has 0 saturated heterocycles. The van der Waals surface area contributed by atoms with Crippen molar-refractivity contribution in [3.8, 4) is 5.75 Å². The van der Waals surface area contributed by atoms with Gasteiger partial charge in [-0.2, -0.15) is 13.2 Å². The molecule has 0 heterocycles. The second kappa shape index (κ2) is 4.88. The molecule has 0 aliphatic heterocycles. The van der Waals surface area contributed by atoms with E-state index in [-0.39, 0.29) is 16.3 Å². The van der Waals surface area contributed by atoms with Crippen molar-refractivity contribution in [2.75, 3.05) is 6.61 Å². The lowest BCUT2D eigenvalue weighted by molar-refractivity contribution is -0.153. The summed E-state index contributed by atoms with van der Waals surface area (Å²) >= 11 is 10.3. The zero-order chi connectivity index (χ0) is 12.3. The van der Waals surface area contributed by atoms with Crippen molar-refractivity contribution in [2.45, 2.75) is 6.18 Å². The molecule has 1 aromatic carbocycles. The molecule has 0 amide bonds. The van der Waals surface area contributed by atoms with E-state index in [1.807, 2.05) is 0 Å². The quantitative estimate of drug-likeness (QED) is 0.857. The predicted molar refractivity (Wildman–Crippen MR) is 58.9 cm³/mol. The van der Waals surface area contributed by atoms with Crippen molar-refractivity contribution in [3.05, 3.63) is 28.8 Å². The van der Waals surface area contributed by atoms with Crippen LogP contribution in [0.15, 0.2) is 18.2 Å². The lowest BCUT2D eigenvalue weighted by Gasteiger charge is -2.12. The number of thiocarbonyl (C=S) groups is 1. The third-order valence-corrected chi connectivity index (χ3v) is 2.05. The van der Waals surface area contributed by atoms with Crippen molar-refractivity contribution in [3.63, 3.8) is 0 Å². The fourth-order valence-corrected chi connectivity index (χ4v) is 1.31. The molecule has 88 valence electrons. The summed E-state index contributed by atoms with van der Waals surface area (Å²) in [5, 5.41) is 0.321. The van der Waals surface area contributed by atoms with E-state index >= 15 is 0 Å². The Kier molecular flexibility index (Phi) is 3.98. The predicted octanol–water partition coefficient (Wildman–Crippen LogP) is 2.92. The molecule has 0 atom stereocenters. The van der Waals surface area contributed by atoms with Gasteiger partial charge in [0.1, 0.15) is 10.7 Å². The van der Waals surface area contributed by atoms with Crippen LogP contribution in [0.2, 0.25) is 5.02 Å². The Labute approximate surface area is 100 Å². The number of nitrogens with two attached hydrogens (primary N) is 1. The summed E-state index contributed by atoms with van der Waals surface area (Å²) in [5.41, 5.74) is 5.52. The molecular formula is C9H7ClF3NOS. The van der Waals surface area contributed by atoms with Crippen LogP contribution in [0.1, 0.15) is 5.56 Å². The van der Waals surface area contributed by atoms with Gasteiger partial charge >= 0.3 is 6.18 Å². The summed E-state index contributed by atoms with van der Waals surface area (Å²) in [4.78, 5) is -0.0697. The third kappa shape index (κ3) is 3.86. The molecule has 0 bridgehead atoms. The van der Waals surface area contributed by atoms with E-state index in [1.54, 1.807) is 0 Å². The molecule has 0 spiro atoms. The van der Waals surface area contributed by atoms with Gasteiger partial charge in [0.05, 0.1) is 5.56 Å². The van der Waals surface area contributed by atoms with E-state index in [9.17, 15) is 13.2 Å². The first-order valence-electron chi connectivity index (χ1n) is 4.08. The Balaban J connectivity index is 2.91. The van der Waals surface area contributed by atoms with Gasteiger partial charge in [0.25, 0.3) is 0 Å². The molecule has 7 heteroatoms. The van der Waals surface area contributed by atoms with Crippen molar-refractivity contribution in [2.24, 2.45) is 5.73 Å². The fourth-order valence-electron chi connectivity index (χ4n) is 0.980. The molecule has 2 nitrogen and oxygen atoms in total. The number of hydrogen-bond acceptors (Lipinski definition) is 2. The molecular weight excluding hydrogens is 263 g/mol. The first kappa shape index (κ1) is 13.1. The molecule has 0 saturated carbocycles. The van der Waals surface area contributed by atoms with Crippen molar-refractivity contribution in [1.82, 2.24) is 0 Å². The van der Waals surface area contributed by atoms with E-state index < -0.39 is 12.8 Å². The van der Waals surface area contributed by atoms with Gasteiger partial charge in [-0.15, -0.1) is 0 Å². The van der Waals surface area contributed by atoms with Crippen molar-refractivity contribution in [1.29, 1.82) is 0 Å². The Bertz CT molecular complexity index is 408. The molecule has 16 heavy (non-hydrogen) atoms. The molecule has 0 aliphatic rings. The molecule has 0 unspecified atom stereocenters. The Morgan fingerprint density at radius 3 is 2.56 bits per heavy atom. The Morgan fingerprint density at radius 1 is 1.44 bits per heavy atom. The van der Waals surface area contributed by atoms with Gasteiger partial charge < -0.3 is 10.5 Å². The SMILES string of the molecule is NC(=S)c1cc(Cl)ccc1OCC(F)(F)F. The maximum atomic E-state index is 11.9. The summed E-state index contributed by atoms with van der Waals surface area (Å²) in [5.74, 6) is -0.0331. The topological polar surface area (TPSA) is 35.2 Å². The maximum absolute atomic E-state index is 11.9. The zero-order valence-corrected chi connectivity index (χ0v) is 9.42. The second-order valence-electron chi connectivity index (χ2n) is 2.91. The minimum Gasteiger partial charge on any atom is -0.483 e. The van der Waals surface area contributed by atoms with Gasteiger partial charge in [-0.05, 0) is 18.2 Å². The number of halogens is 4. The van der Waals surface area contributed by atoms with Crippen LogP contribution in [0.3, 0.4) is 0 Å². The van der Waals surface area contributed by atoms with Crippen LogP contribution >= 0.6 is 23.8 Å². The number of hydrogen-bond donors (Lipinski definition) is 1. The monoisotopic (exact) mass is 269 g/mol. The molecule has 0 radical (unpaired) electrons. The number of rotatable bonds is 3. The fraction of sp³-hybridized carbons (Fsp3) is 0.222. The maximum Gasteiger partial charge on any atom is 0.422 e. The molecule has 0 aliphatic carbocycles. The van der Waals surface area contributed by atoms with Gasteiger partial charge in [0.15, 0.2) is 6.61 Å². The van der Waals surface area contributed by atoms with Gasteiger partial charge in [-0.1, -0.05) is 23.8 Å². The molecule has 0 fully saturated rings. The molecule has 2 N–H and O–H groups in total. The highest BCUT2D eigenvalue weighted by molar-refractivity contribution is 7.80. The van der Waals surface area contributed by atoms with Crippen molar-refractivity contribution >= 4 is 28.8 Å². The largest absolute Gasteiger partial charge is 0.483 e. The Hall–Kier alpha value is -1.01. The van der Waals surface area contributed by atoms with E-state index in [1.165, 1.54) is 18.2 Å². The number of alkyl halides is 3. The van der Waals surface area contributed by atoms with Crippen molar-refractivity contribution < 1.29 is 17.9 Å². The summed E-state index contributed by atoms with van der Waals surface area (Å²) in [6, 6.07) is 4.05. The summed E-state index contributed by atoms with van der Waals surface area (Å²) < 4.78 is 40.4. The van der Waals surface area contributed by atoms with Gasteiger partial charge in [-0.3, -0.25) is 0 Å². The second-order valence-corrected chi connectivity index (χ2v) is 3.78. The lowest BCUT2D eigenvalue weighted by atomic mass is 10.2. The third-order valence-electron chi connectivity index (χ3n) is 1.60. The van der Waals surface area contributed by atoms with Gasteiger partial charge in [0.2, 0.25) is 0 Å². The van der Waals surface area contributed by atoms with E-state index in [2.05, 4.69) is 17.0 Å². The highest BCUT2D eigenvalue weighted by Crippen LogP contribution is 2.25. The smallest absolute Gasteiger partial charge is 0.422 e. The summed E-state index contributed by atoms with van der Waals surface area (Å²) in [6.45, 7) is -1.40. The van der Waals surface area contributed by atoms with Crippen LogP contribution in [0.4, 0.5) is 13.2 Å². The molecule has 0 aromatic heterocycles. The van der Waals surface area contributed by atoms with Crippen LogP contribution in [0.5, 0.6) is 5.75 Å². The highest BCUT2D eigenvalue weighted by Gasteiger charge is 2.28. The highest BCUT2D eigenvalue weighted by atomic mass is 35.5. The zero-order valence-electron chi connectivity index (χ0n) is 7.84. The molecule has 1 aromatic rings. The van der Waals surface area contributed by atoms with E-state index in [0.717, 1.165) is 0 Å². The van der Waals surface area contributed by atoms with Gasteiger partial charge in [0, 0.05) is 5.02 Å². The van der Waals surface area contributed by atoms with Crippen LogP contribution in [-0.2, 0) is 0 Å².